The van der Waals surface area contributed by atoms with Gasteiger partial charge in [-0.3, -0.25) is 9.89 Å². The maximum Gasteiger partial charge on any atom is 0.251 e. The molecule has 2 N–H and O–H groups in total. The van der Waals surface area contributed by atoms with Gasteiger partial charge in [0.2, 0.25) is 0 Å². The highest BCUT2D eigenvalue weighted by atomic mass is 16.5. The van der Waals surface area contributed by atoms with E-state index in [2.05, 4.69) is 68.9 Å². The summed E-state index contributed by atoms with van der Waals surface area (Å²) in [5.74, 6) is -0.0658. The molecule has 3 aromatic carbocycles. The molecule has 3 fully saturated rings. The van der Waals surface area contributed by atoms with Gasteiger partial charge in [-0.25, -0.2) is 0 Å². The van der Waals surface area contributed by atoms with Crippen molar-refractivity contribution in [3.05, 3.63) is 83.9 Å². The van der Waals surface area contributed by atoms with E-state index in [1.807, 2.05) is 24.3 Å². The lowest BCUT2D eigenvalue weighted by Gasteiger charge is -2.38. The van der Waals surface area contributed by atoms with Crippen LogP contribution in [0, 0.1) is 0 Å². The molecule has 4 aromatic rings. The molecular formula is C32H34N4O3. The molecular weight excluding hydrogens is 488 g/mol. The van der Waals surface area contributed by atoms with Crippen LogP contribution in [0.5, 0.6) is 0 Å². The molecule has 7 rings (SSSR count). The van der Waals surface area contributed by atoms with Gasteiger partial charge < -0.3 is 19.7 Å². The fraction of sp³-hybridized carbons (Fsp3) is 0.375. The highest BCUT2D eigenvalue weighted by Crippen LogP contribution is 2.36. The average Bonchev–Trinajstić information content (AvgIpc) is 3.53. The number of fused-ring (bicyclic) bond motifs is 3. The normalized spacial score (nSPS) is 22.2. The van der Waals surface area contributed by atoms with Crippen molar-refractivity contribution < 1.29 is 14.3 Å². The number of anilines is 1. The van der Waals surface area contributed by atoms with Crippen LogP contribution >= 0.6 is 0 Å². The number of benzene rings is 3. The molecule has 1 aromatic heterocycles. The summed E-state index contributed by atoms with van der Waals surface area (Å²) in [6, 6.07) is 25.9. The van der Waals surface area contributed by atoms with Gasteiger partial charge in [0.05, 0.1) is 36.5 Å². The molecule has 4 heterocycles. The maximum absolute atomic E-state index is 13.4. The minimum Gasteiger partial charge on any atom is -0.381 e. The van der Waals surface area contributed by atoms with E-state index in [-0.39, 0.29) is 11.3 Å². The Labute approximate surface area is 228 Å². The van der Waals surface area contributed by atoms with Crippen molar-refractivity contribution in [1.29, 1.82) is 0 Å². The number of aromatic amines is 1. The highest BCUT2D eigenvalue weighted by molar-refractivity contribution is 6.01. The second-order valence-corrected chi connectivity index (χ2v) is 11.2. The first-order chi connectivity index (χ1) is 19.2. The van der Waals surface area contributed by atoms with Gasteiger partial charge in [-0.15, -0.1) is 0 Å². The number of amides is 1. The van der Waals surface area contributed by atoms with Crippen molar-refractivity contribution in [2.75, 3.05) is 37.9 Å². The Morgan fingerprint density at radius 1 is 0.949 bits per heavy atom. The van der Waals surface area contributed by atoms with Crippen molar-refractivity contribution in [2.45, 2.75) is 43.2 Å². The topological polar surface area (TPSA) is 79.5 Å². The fourth-order valence-corrected chi connectivity index (χ4v) is 6.69. The van der Waals surface area contributed by atoms with Gasteiger partial charge in [0.1, 0.15) is 0 Å². The highest BCUT2D eigenvalue weighted by Gasteiger charge is 2.37. The van der Waals surface area contributed by atoms with E-state index in [4.69, 9.17) is 9.47 Å². The largest absolute Gasteiger partial charge is 0.381 e. The number of H-pyrrole nitrogens is 1. The molecule has 3 aliphatic heterocycles. The Kier molecular flexibility index (Phi) is 6.33. The van der Waals surface area contributed by atoms with Crippen molar-refractivity contribution in [1.82, 2.24) is 15.5 Å². The molecule has 0 saturated carbocycles. The van der Waals surface area contributed by atoms with Gasteiger partial charge in [0.25, 0.3) is 5.91 Å². The number of hydrogen-bond donors (Lipinski definition) is 2. The molecule has 0 aliphatic carbocycles. The number of nitrogens with one attached hydrogen (secondary N) is 2. The van der Waals surface area contributed by atoms with Crippen LogP contribution in [0.2, 0.25) is 0 Å². The van der Waals surface area contributed by atoms with Gasteiger partial charge in [0, 0.05) is 47.4 Å². The summed E-state index contributed by atoms with van der Waals surface area (Å²) in [6.07, 6.45) is 4.18. The number of nitrogens with zero attached hydrogens (tertiary/aromatic N) is 2. The standard InChI is InChI=1S/C32H34N4O3/c37-31(33-21-32(14-16-38-17-15-32)24-4-2-1-3-5-24)23-8-13-29-28(18-23)30(35-34-29)22-6-9-25(10-7-22)36-26-11-12-27(36)20-39-19-26/h1-10,13,18,26-27H,11-12,14-17,19-21H2,(H,33,37)(H,34,35). The Hall–Kier alpha value is -3.68. The first-order valence-electron chi connectivity index (χ1n) is 14.1. The maximum atomic E-state index is 13.4. The number of morpholine rings is 1. The lowest BCUT2D eigenvalue weighted by Crippen LogP contribution is -2.45. The second kappa shape index (κ2) is 10.1. The van der Waals surface area contributed by atoms with Gasteiger partial charge >= 0.3 is 0 Å². The molecule has 2 bridgehead atoms. The number of aromatic nitrogens is 2. The van der Waals surface area contributed by atoms with Gasteiger partial charge in [-0.1, -0.05) is 42.5 Å². The molecule has 7 heteroatoms. The summed E-state index contributed by atoms with van der Waals surface area (Å²) >= 11 is 0. The van der Waals surface area contributed by atoms with Crippen molar-refractivity contribution in [3.63, 3.8) is 0 Å². The van der Waals surface area contributed by atoms with Crippen molar-refractivity contribution >= 4 is 22.5 Å². The first-order valence-corrected chi connectivity index (χ1v) is 14.1. The monoisotopic (exact) mass is 522 g/mol. The first kappa shape index (κ1) is 24.4. The van der Waals surface area contributed by atoms with E-state index in [0.717, 1.165) is 48.2 Å². The minimum absolute atomic E-state index is 0.0658. The summed E-state index contributed by atoms with van der Waals surface area (Å²) in [6.45, 7) is 3.63. The van der Waals surface area contributed by atoms with E-state index >= 15 is 0 Å². The minimum atomic E-state index is -0.109. The molecule has 39 heavy (non-hydrogen) atoms. The Balaban J connectivity index is 1.11. The zero-order valence-electron chi connectivity index (χ0n) is 22.1. The lowest BCUT2D eigenvalue weighted by atomic mass is 9.74. The summed E-state index contributed by atoms with van der Waals surface area (Å²) in [5.41, 5.74) is 5.85. The van der Waals surface area contributed by atoms with Crippen LogP contribution in [-0.2, 0) is 14.9 Å². The fourth-order valence-electron chi connectivity index (χ4n) is 6.69. The quantitative estimate of drug-likeness (QED) is 0.369. The van der Waals surface area contributed by atoms with Crippen LogP contribution < -0.4 is 10.2 Å². The number of hydrogen-bond acceptors (Lipinski definition) is 5. The van der Waals surface area contributed by atoms with E-state index in [1.54, 1.807) is 0 Å². The molecule has 200 valence electrons. The van der Waals surface area contributed by atoms with Gasteiger partial charge in [-0.2, -0.15) is 5.10 Å². The number of rotatable bonds is 6. The smallest absolute Gasteiger partial charge is 0.251 e. The molecule has 7 nitrogen and oxygen atoms in total. The lowest BCUT2D eigenvalue weighted by molar-refractivity contribution is 0.0487. The summed E-state index contributed by atoms with van der Waals surface area (Å²) in [5, 5.41) is 12.0. The SMILES string of the molecule is O=C(NCC1(c2ccccc2)CCOCC1)c1ccc2[nH]nc(-c3ccc(N4C5CCC4COC5)cc3)c2c1. The average molecular weight is 523 g/mol. The van der Waals surface area contributed by atoms with E-state index < -0.39 is 0 Å². The van der Waals surface area contributed by atoms with Crippen LogP contribution in [-0.4, -0.2) is 61.2 Å². The molecule has 2 unspecified atom stereocenters. The third kappa shape index (κ3) is 4.49. The van der Waals surface area contributed by atoms with E-state index in [0.29, 0.717) is 37.4 Å². The van der Waals surface area contributed by atoms with Gasteiger partial charge in [-0.05, 0) is 61.6 Å². The second-order valence-electron chi connectivity index (χ2n) is 11.2. The van der Waals surface area contributed by atoms with Crippen LogP contribution in [0.4, 0.5) is 5.69 Å². The molecule has 3 aliphatic rings. The summed E-state index contributed by atoms with van der Waals surface area (Å²) in [4.78, 5) is 15.9. The number of carbonyl (C=O) groups is 1. The third-order valence-electron chi connectivity index (χ3n) is 8.93. The number of ether oxygens (including phenoxy) is 2. The molecule has 2 atom stereocenters. The molecule has 0 radical (unpaired) electrons. The van der Waals surface area contributed by atoms with E-state index in [1.165, 1.54) is 24.1 Å². The Morgan fingerprint density at radius 3 is 2.44 bits per heavy atom. The van der Waals surface area contributed by atoms with Crippen molar-refractivity contribution in [3.8, 4) is 11.3 Å². The van der Waals surface area contributed by atoms with Crippen LogP contribution in [0.15, 0.2) is 72.8 Å². The van der Waals surface area contributed by atoms with Crippen LogP contribution in [0.25, 0.3) is 22.2 Å². The predicted molar refractivity (Wildman–Crippen MR) is 152 cm³/mol. The molecule has 1 amide bonds. The molecule has 0 spiro atoms. The van der Waals surface area contributed by atoms with Crippen molar-refractivity contribution in [2.24, 2.45) is 0 Å². The summed E-state index contributed by atoms with van der Waals surface area (Å²) in [7, 11) is 0. The van der Waals surface area contributed by atoms with Gasteiger partial charge in [0.15, 0.2) is 0 Å². The predicted octanol–water partition coefficient (Wildman–Crippen LogP) is 5.08. The Bertz CT molecular complexity index is 1440. The number of carbonyl (C=O) groups excluding carboxylic acids is 1. The van der Waals surface area contributed by atoms with Crippen LogP contribution in [0.1, 0.15) is 41.6 Å². The zero-order valence-corrected chi connectivity index (χ0v) is 22.1. The third-order valence-corrected chi connectivity index (χ3v) is 8.93. The van der Waals surface area contributed by atoms with Crippen LogP contribution in [0.3, 0.4) is 0 Å². The zero-order chi connectivity index (χ0) is 26.2. The Morgan fingerprint density at radius 2 is 1.69 bits per heavy atom. The molecule has 3 saturated heterocycles. The van der Waals surface area contributed by atoms with E-state index in [9.17, 15) is 4.79 Å². The summed E-state index contributed by atoms with van der Waals surface area (Å²) < 4.78 is 11.4.